The molecule has 0 bridgehead atoms. The Morgan fingerprint density at radius 3 is 2.44 bits per heavy atom. The van der Waals surface area contributed by atoms with Gasteiger partial charge in [-0.2, -0.15) is 18.6 Å². The number of anilines is 1. The summed E-state index contributed by atoms with van der Waals surface area (Å²) < 4.78 is 27.1. The van der Waals surface area contributed by atoms with Crippen molar-refractivity contribution in [3.63, 3.8) is 0 Å². The first-order valence-corrected chi connectivity index (χ1v) is 8.80. The van der Waals surface area contributed by atoms with E-state index in [0.29, 0.717) is 5.69 Å². The van der Waals surface area contributed by atoms with Crippen molar-refractivity contribution < 1.29 is 27.7 Å². The monoisotopic (exact) mass is 392 g/mol. The lowest BCUT2D eigenvalue weighted by atomic mass is 10.3. The fourth-order valence-electron chi connectivity index (χ4n) is 1.89. The second-order valence-corrected chi connectivity index (χ2v) is 6.73. The predicted octanol–water partition coefficient (Wildman–Crippen LogP) is 2.48. The average Bonchev–Trinajstić information content (AvgIpc) is 2.63. The van der Waals surface area contributed by atoms with Crippen LogP contribution in [0, 0.1) is 0 Å². The Balaban J connectivity index is 2.32. The number of amides is 1. The minimum atomic E-state index is -4.23. The maximum absolute atomic E-state index is 12.3. The molecule has 0 heterocycles. The van der Waals surface area contributed by atoms with Gasteiger partial charge in [0.1, 0.15) is 17.2 Å². The quantitative estimate of drug-likeness (QED) is 0.254. The largest absolute Gasteiger partial charge is 0.510 e. The molecular formula is C16H16N4O6S. The van der Waals surface area contributed by atoms with Crippen LogP contribution in [0.4, 0.5) is 11.4 Å². The molecular weight excluding hydrogens is 376 g/mol. The molecule has 0 aliphatic heterocycles. The third-order valence-corrected chi connectivity index (χ3v) is 4.29. The van der Waals surface area contributed by atoms with Crippen molar-refractivity contribution in [2.75, 3.05) is 5.32 Å². The standard InChI is InChI=1S/C16H16N4O6S/c1-10(21)15(16(23)18-11-5-3-2-4-6-11)20-19-13-9-12(7-8-14(13)22)27(24,25)26-17/h2-9,21-22H,17H2,1H3,(H,18,23). The van der Waals surface area contributed by atoms with Gasteiger partial charge >= 0.3 is 10.1 Å². The zero-order chi connectivity index (χ0) is 20.0. The Bertz CT molecular complexity index is 999. The first-order chi connectivity index (χ1) is 12.7. The van der Waals surface area contributed by atoms with Gasteiger partial charge < -0.3 is 15.5 Å². The van der Waals surface area contributed by atoms with E-state index in [2.05, 4.69) is 19.8 Å². The maximum Gasteiger partial charge on any atom is 0.312 e. The number of azo groups is 1. The van der Waals surface area contributed by atoms with E-state index in [0.717, 1.165) is 18.2 Å². The summed E-state index contributed by atoms with van der Waals surface area (Å²) in [7, 11) is -4.23. The van der Waals surface area contributed by atoms with Crippen LogP contribution >= 0.6 is 0 Å². The molecule has 0 unspecified atom stereocenters. The Kier molecular flexibility index (Phi) is 6.23. The number of nitrogens with two attached hydrogens (primary N) is 1. The number of hydrogen-bond acceptors (Lipinski definition) is 9. The minimum Gasteiger partial charge on any atom is -0.510 e. The summed E-state index contributed by atoms with van der Waals surface area (Å²) in [5.41, 5.74) is -0.242. The number of para-hydroxylation sites is 1. The van der Waals surface area contributed by atoms with Crippen LogP contribution in [-0.2, 0) is 19.2 Å². The zero-order valence-electron chi connectivity index (χ0n) is 14.0. The number of aliphatic hydroxyl groups excluding tert-OH is 1. The molecule has 0 spiro atoms. The molecule has 0 saturated heterocycles. The van der Waals surface area contributed by atoms with Crippen LogP contribution in [0.5, 0.6) is 5.75 Å². The van der Waals surface area contributed by atoms with Crippen LogP contribution in [0.2, 0.25) is 0 Å². The predicted molar refractivity (Wildman–Crippen MR) is 95.5 cm³/mol. The van der Waals surface area contributed by atoms with Gasteiger partial charge in [-0.15, -0.1) is 10.2 Å². The second-order valence-electron chi connectivity index (χ2n) is 5.16. The van der Waals surface area contributed by atoms with E-state index in [1.54, 1.807) is 30.3 Å². The summed E-state index contributed by atoms with van der Waals surface area (Å²) in [6, 6.07) is 11.5. The number of carbonyl (C=O) groups excluding carboxylic acids is 1. The first-order valence-electron chi connectivity index (χ1n) is 7.39. The zero-order valence-corrected chi connectivity index (χ0v) is 14.8. The highest BCUT2D eigenvalue weighted by atomic mass is 32.2. The SMILES string of the molecule is CC(O)=C(N=Nc1cc(S(=O)(=O)ON)ccc1O)C(=O)Nc1ccccc1. The molecule has 0 radical (unpaired) electrons. The van der Waals surface area contributed by atoms with Gasteiger partial charge in [-0.25, -0.2) is 0 Å². The maximum atomic E-state index is 12.3. The van der Waals surface area contributed by atoms with E-state index in [4.69, 9.17) is 5.90 Å². The molecule has 0 aromatic heterocycles. The molecule has 0 saturated carbocycles. The molecule has 2 rings (SSSR count). The van der Waals surface area contributed by atoms with E-state index in [9.17, 15) is 23.4 Å². The second kappa shape index (κ2) is 8.40. The minimum absolute atomic E-state index is 0.278. The van der Waals surface area contributed by atoms with Crippen molar-refractivity contribution in [3.8, 4) is 5.75 Å². The van der Waals surface area contributed by atoms with Gasteiger partial charge in [0.2, 0.25) is 0 Å². The third-order valence-electron chi connectivity index (χ3n) is 3.21. The van der Waals surface area contributed by atoms with Crippen LogP contribution in [0.3, 0.4) is 0 Å². The van der Waals surface area contributed by atoms with Crippen molar-refractivity contribution in [1.82, 2.24) is 0 Å². The number of phenolic OH excluding ortho intramolecular Hbond substituents is 1. The van der Waals surface area contributed by atoms with Crippen molar-refractivity contribution in [1.29, 1.82) is 0 Å². The number of carbonyl (C=O) groups is 1. The highest BCUT2D eigenvalue weighted by Crippen LogP contribution is 2.30. The smallest absolute Gasteiger partial charge is 0.312 e. The number of benzene rings is 2. The Labute approximate surface area is 154 Å². The lowest BCUT2D eigenvalue weighted by Crippen LogP contribution is -2.14. The van der Waals surface area contributed by atoms with Gasteiger partial charge in [-0.1, -0.05) is 18.2 Å². The van der Waals surface area contributed by atoms with Crippen LogP contribution in [-0.4, -0.2) is 24.5 Å². The van der Waals surface area contributed by atoms with Crippen molar-refractivity contribution >= 4 is 27.4 Å². The highest BCUT2D eigenvalue weighted by Gasteiger charge is 2.17. The van der Waals surface area contributed by atoms with Gasteiger partial charge in [-0.05, 0) is 37.3 Å². The Hall–Kier alpha value is -3.28. The van der Waals surface area contributed by atoms with Crippen molar-refractivity contribution in [2.24, 2.45) is 16.1 Å². The number of aliphatic hydroxyl groups is 1. The lowest BCUT2D eigenvalue weighted by Gasteiger charge is -2.06. The number of phenols is 1. The van der Waals surface area contributed by atoms with Crippen LogP contribution in [0.1, 0.15) is 6.92 Å². The number of hydrogen-bond donors (Lipinski definition) is 4. The molecule has 10 nitrogen and oxygen atoms in total. The van der Waals surface area contributed by atoms with E-state index in [-0.39, 0.29) is 10.6 Å². The number of allylic oxidation sites excluding steroid dienone is 1. The fraction of sp³-hybridized carbons (Fsp3) is 0.0625. The molecule has 2 aromatic rings. The molecule has 142 valence electrons. The van der Waals surface area contributed by atoms with E-state index in [1.807, 2.05) is 0 Å². The molecule has 5 N–H and O–H groups in total. The number of aromatic hydroxyl groups is 1. The van der Waals surface area contributed by atoms with Crippen LogP contribution < -0.4 is 11.2 Å². The van der Waals surface area contributed by atoms with Gasteiger partial charge in [0, 0.05) is 5.69 Å². The van der Waals surface area contributed by atoms with Crippen molar-refractivity contribution in [2.45, 2.75) is 11.8 Å². The Morgan fingerprint density at radius 2 is 1.85 bits per heavy atom. The summed E-state index contributed by atoms with van der Waals surface area (Å²) in [4.78, 5) is 11.9. The average molecular weight is 392 g/mol. The van der Waals surface area contributed by atoms with Gasteiger partial charge in [0.25, 0.3) is 5.91 Å². The Morgan fingerprint density at radius 1 is 1.19 bits per heavy atom. The molecule has 11 heteroatoms. The van der Waals surface area contributed by atoms with E-state index < -0.39 is 33.2 Å². The van der Waals surface area contributed by atoms with Gasteiger partial charge in [-0.3, -0.25) is 4.79 Å². The van der Waals surface area contributed by atoms with Crippen LogP contribution in [0.25, 0.3) is 0 Å². The van der Waals surface area contributed by atoms with Gasteiger partial charge in [0.05, 0.1) is 4.90 Å². The molecule has 0 aliphatic rings. The van der Waals surface area contributed by atoms with E-state index in [1.165, 1.54) is 6.92 Å². The number of nitrogens with one attached hydrogen (secondary N) is 1. The molecule has 0 aliphatic carbocycles. The molecule has 2 aromatic carbocycles. The topological polar surface area (TPSA) is 164 Å². The van der Waals surface area contributed by atoms with E-state index >= 15 is 0 Å². The van der Waals surface area contributed by atoms with Crippen LogP contribution in [0.15, 0.2) is 75.1 Å². The molecule has 0 atom stereocenters. The summed E-state index contributed by atoms with van der Waals surface area (Å²) in [5.74, 6) is 3.11. The molecule has 27 heavy (non-hydrogen) atoms. The third kappa shape index (κ3) is 5.10. The summed E-state index contributed by atoms with van der Waals surface area (Å²) in [6.45, 7) is 1.22. The highest BCUT2D eigenvalue weighted by molar-refractivity contribution is 7.86. The summed E-state index contributed by atoms with van der Waals surface area (Å²) in [6.07, 6.45) is 0. The number of rotatable bonds is 6. The molecule has 1 amide bonds. The first kappa shape index (κ1) is 20.0. The number of nitrogens with zero attached hydrogens (tertiary/aromatic N) is 2. The normalized spacial score (nSPS) is 12.7. The lowest BCUT2D eigenvalue weighted by molar-refractivity contribution is -0.113. The summed E-state index contributed by atoms with van der Waals surface area (Å²) >= 11 is 0. The van der Waals surface area contributed by atoms with Gasteiger partial charge in [0.15, 0.2) is 5.70 Å². The van der Waals surface area contributed by atoms with Crippen molar-refractivity contribution in [3.05, 3.63) is 60.0 Å². The summed E-state index contributed by atoms with van der Waals surface area (Å²) in [5, 5.41) is 29.3. The molecule has 0 fully saturated rings. The fourth-order valence-corrected chi connectivity index (χ4v) is 2.49.